The first-order valence-corrected chi connectivity index (χ1v) is 6.27. The van der Waals surface area contributed by atoms with E-state index in [0.717, 1.165) is 5.56 Å². The van der Waals surface area contributed by atoms with Crippen LogP contribution in [-0.4, -0.2) is 10.2 Å². The number of rotatable bonds is 4. The molecular weight excluding hydrogens is 251 g/mol. The molecule has 5 heteroatoms. The molecule has 0 amide bonds. The number of aromatic nitrogens is 2. The van der Waals surface area contributed by atoms with Gasteiger partial charge in [0, 0.05) is 6.42 Å². The van der Waals surface area contributed by atoms with Crippen LogP contribution < -0.4 is 0 Å². The first kappa shape index (κ1) is 13.0. The van der Waals surface area contributed by atoms with Gasteiger partial charge in [-0.25, -0.2) is 9.49 Å². The highest BCUT2D eigenvalue weighted by Crippen LogP contribution is 2.28. The summed E-state index contributed by atoms with van der Waals surface area (Å²) in [6.07, 6.45) is 0.649. The van der Waals surface area contributed by atoms with E-state index in [2.05, 4.69) is 24.0 Å². The lowest BCUT2D eigenvalue weighted by Crippen LogP contribution is -2.10. The lowest BCUT2D eigenvalue weighted by Gasteiger charge is -2.19. The van der Waals surface area contributed by atoms with E-state index in [0.29, 0.717) is 18.2 Å². The summed E-state index contributed by atoms with van der Waals surface area (Å²) in [6.45, 7) is 4.24. The van der Waals surface area contributed by atoms with Gasteiger partial charge in [0.1, 0.15) is 5.82 Å². The minimum Gasteiger partial charge on any atom is -0.414 e. The number of benzene rings is 1. The highest BCUT2D eigenvalue weighted by atomic mass is 32.1. The molecule has 0 bridgehead atoms. The molecule has 1 heterocycles. The predicted molar refractivity (Wildman–Crippen MR) is 69.4 cm³/mol. The maximum atomic E-state index is 12.9. The van der Waals surface area contributed by atoms with Gasteiger partial charge in [-0.3, -0.25) is 0 Å². The van der Waals surface area contributed by atoms with Crippen molar-refractivity contribution in [2.45, 2.75) is 26.2 Å². The van der Waals surface area contributed by atoms with Gasteiger partial charge in [-0.15, -0.1) is 5.10 Å². The van der Waals surface area contributed by atoms with Crippen LogP contribution in [0.2, 0.25) is 0 Å². The average Bonchev–Trinajstić information content (AvgIpc) is 2.73. The maximum Gasteiger partial charge on any atom is 0.284 e. The number of H-pyrrole nitrogens is 1. The molecule has 0 aliphatic rings. The molecule has 1 aromatic carbocycles. The normalized spacial score (nSPS) is 12.9. The second kappa shape index (κ2) is 5.44. The molecular formula is C13H15FN2OS. The molecule has 2 rings (SSSR count). The lowest BCUT2D eigenvalue weighted by atomic mass is 9.86. The highest BCUT2D eigenvalue weighted by Gasteiger charge is 2.19. The van der Waals surface area contributed by atoms with Gasteiger partial charge in [0.25, 0.3) is 4.84 Å². The fourth-order valence-electron chi connectivity index (χ4n) is 1.98. The third-order valence-electron chi connectivity index (χ3n) is 2.98. The molecule has 1 N–H and O–H groups in total. The quantitative estimate of drug-likeness (QED) is 0.854. The van der Waals surface area contributed by atoms with Crippen LogP contribution in [0, 0.1) is 16.6 Å². The number of aromatic amines is 1. The second-order valence-electron chi connectivity index (χ2n) is 4.61. The van der Waals surface area contributed by atoms with E-state index < -0.39 is 0 Å². The van der Waals surface area contributed by atoms with E-state index in [9.17, 15) is 4.39 Å². The van der Waals surface area contributed by atoms with Gasteiger partial charge in [0.15, 0.2) is 0 Å². The van der Waals surface area contributed by atoms with Crippen molar-refractivity contribution in [3.8, 4) is 0 Å². The Morgan fingerprint density at radius 1 is 1.33 bits per heavy atom. The van der Waals surface area contributed by atoms with Gasteiger partial charge >= 0.3 is 0 Å². The van der Waals surface area contributed by atoms with Gasteiger partial charge < -0.3 is 4.42 Å². The number of hydrogen-bond acceptors (Lipinski definition) is 3. The van der Waals surface area contributed by atoms with Crippen molar-refractivity contribution in [2.75, 3.05) is 0 Å². The van der Waals surface area contributed by atoms with E-state index in [1.54, 1.807) is 12.1 Å². The SMILES string of the molecule is CC(C)C(Cc1n[nH]c(=S)o1)c1ccc(F)cc1. The van der Waals surface area contributed by atoms with Crippen LogP contribution in [0.3, 0.4) is 0 Å². The minimum absolute atomic E-state index is 0.224. The molecule has 0 radical (unpaired) electrons. The van der Waals surface area contributed by atoms with Gasteiger partial charge in [-0.2, -0.15) is 0 Å². The molecule has 1 unspecified atom stereocenters. The smallest absolute Gasteiger partial charge is 0.284 e. The van der Waals surface area contributed by atoms with Crippen molar-refractivity contribution < 1.29 is 8.81 Å². The number of nitrogens with one attached hydrogen (secondary N) is 1. The Morgan fingerprint density at radius 2 is 2.00 bits per heavy atom. The van der Waals surface area contributed by atoms with Crippen molar-refractivity contribution in [2.24, 2.45) is 5.92 Å². The van der Waals surface area contributed by atoms with Crippen LogP contribution >= 0.6 is 12.2 Å². The molecule has 0 aliphatic carbocycles. The van der Waals surface area contributed by atoms with Crippen molar-refractivity contribution in [3.63, 3.8) is 0 Å². The molecule has 0 spiro atoms. The van der Waals surface area contributed by atoms with Crippen LogP contribution in [0.15, 0.2) is 28.7 Å². The van der Waals surface area contributed by atoms with Crippen LogP contribution in [0.5, 0.6) is 0 Å². The molecule has 0 saturated carbocycles. The first-order valence-electron chi connectivity index (χ1n) is 5.86. The Morgan fingerprint density at radius 3 is 2.50 bits per heavy atom. The highest BCUT2D eigenvalue weighted by molar-refractivity contribution is 7.71. The Kier molecular flexibility index (Phi) is 3.91. The van der Waals surface area contributed by atoms with E-state index in [1.807, 2.05) is 0 Å². The monoisotopic (exact) mass is 266 g/mol. The zero-order valence-electron chi connectivity index (χ0n) is 10.3. The zero-order valence-corrected chi connectivity index (χ0v) is 11.1. The molecule has 96 valence electrons. The molecule has 0 fully saturated rings. The summed E-state index contributed by atoms with van der Waals surface area (Å²) in [7, 11) is 0. The molecule has 18 heavy (non-hydrogen) atoms. The fraction of sp³-hybridized carbons (Fsp3) is 0.385. The average molecular weight is 266 g/mol. The van der Waals surface area contributed by atoms with E-state index in [-0.39, 0.29) is 16.6 Å². The van der Waals surface area contributed by atoms with Crippen molar-refractivity contribution in [3.05, 3.63) is 46.4 Å². The van der Waals surface area contributed by atoms with Crippen molar-refractivity contribution in [1.82, 2.24) is 10.2 Å². The van der Waals surface area contributed by atoms with Gasteiger partial charge in [0.2, 0.25) is 5.89 Å². The fourth-order valence-corrected chi connectivity index (χ4v) is 2.13. The zero-order chi connectivity index (χ0) is 13.1. The standard InChI is InChI=1S/C13H15FN2OS/c1-8(2)11(7-12-15-16-13(18)17-12)9-3-5-10(14)6-4-9/h3-6,8,11H,7H2,1-2H3,(H,16,18). The molecule has 0 saturated heterocycles. The molecule has 1 aromatic heterocycles. The Hall–Kier alpha value is -1.49. The third kappa shape index (κ3) is 3.04. The third-order valence-corrected chi connectivity index (χ3v) is 3.15. The summed E-state index contributed by atoms with van der Waals surface area (Å²) < 4.78 is 18.2. The molecule has 3 nitrogen and oxygen atoms in total. The molecule has 2 aromatic rings. The van der Waals surface area contributed by atoms with Crippen LogP contribution in [0.25, 0.3) is 0 Å². The van der Waals surface area contributed by atoms with E-state index >= 15 is 0 Å². The number of halogens is 1. The summed E-state index contributed by atoms with van der Waals surface area (Å²) in [4.78, 5) is 0.284. The minimum atomic E-state index is -0.224. The molecule has 1 atom stereocenters. The number of hydrogen-bond donors (Lipinski definition) is 1. The van der Waals surface area contributed by atoms with Crippen LogP contribution in [-0.2, 0) is 6.42 Å². The summed E-state index contributed by atoms with van der Waals surface area (Å²) in [5.41, 5.74) is 1.08. The van der Waals surface area contributed by atoms with Crippen molar-refractivity contribution in [1.29, 1.82) is 0 Å². The summed E-state index contributed by atoms with van der Waals surface area (Å²) >= 11 is 4.85. The Bertz CT molecular complexity index is 559. The van der Waals surface area contributed by atoms with E-state index in [4.69, 9.17) is 16.6 Å². The summed E-state index contributed by atoms with van der Waals surface area (Å²) in [5, 5.41) is 6.62. The first-order chi connectivity index (χ1) is 8.56. The topological polar surface area (TPSA) is 41.8 Å². The number of nitrogens with zero attached hydrogens (tertiary/aromatic N) is 1. The Labute approximate surface area is 110 Å². The Balaban J connectivity index is 2.23. The summed E-state index contributed by atoms with van der Waals surface area (Å²) in [5.74, 6) is 0.990. The van der Waals surface area contributed by atoms with E-state index in [1.165, 1.54) is 12.1 Å². The van der Waals surface area contributed by atoms with Gasteiger partial charge in [-0.1, -0.05) is 26.0 Å². The summed E-state index contributed by atoms with van der Waals surface area (Å²) in [6, 6.07) is 6.57. The van der Waals surface area contributed by atoms with Crippen molar-refractivity contribution >= 4 is 12.2 Å². The largest absolute Gasteiger partial charge is 0.414 e. The lowest BCUT2D eigenvalue weighted by molar-refractivity contribution is 0.416. The predicted octanol–water partition coefficient (Wildman–Crippen LogP) is 3.85. The van der Waals surface area contributed by atoms with Gasteiger partial charge in [0.05, 0.1) is 0 Å². The van der Waals surface area contributed by atoms with Gasteiger partial charge in [-0.05, 0) is 41.7 Å². The van der Waals surface area contributed by atoms with Crippen LogP contribution in [0.1, 0.15) is 31.2 Å². The molecule has 0 aliphatic heterocycles. The second-order valence-corrected chi connectivity index (χ2v) is 4.98. The maximum absolute atomic E-state index is 12.9. The van der Waals surface area contributed by atoms with Crippen LogP contribution in [0.4, 0.5) is 4.39 Å².